The minimum Gasteiger partial charge on any atom is -0.379 e. The summed E-state index contributed by atoms with van der Waals surface area (Å²) in [6.07, 6.45) is 4.09. The Morgan fingerprint density at radius 3 is 2.45 bits per heavy atom. The Morgan fingerprint density at radius 1 is 1.07 bits per heavy atom. The molecular formula is C22H27ClN4O2. The molecule has 2 aliphatic heterocycles. The molecule has 0 spiro atoms. The van der Waals surface area contributed by atoms with Crippen molar-refractivity contribution < 1.29 is 9.53 Å². The van der Waals surface area contributed by atoms with Crippen molar-refractivity contribution in [3.05, 3.63) is 58.7 Å². The number of nitrogens with one attached hydrogen (secondary N) is 1. The number of amides is 1. The lowest BCUT2D eigenvalue weighted by Crippen LogP contribution is -2.43. The third-order valence-corrected chi connectivity index (χ3v) is 5.89. The normalized spacial score (nSPS) is 18.6. The number of ether oxygens (including phenoxy) is 1. The fraction of sp³-hybridized carbons (Fsp3) is 0.455. The SMILES string of the molecule is O=C(NCC(c1ccc(Cl)cc1)N1CCOCC1)c1ccc(N2CCCC2)nc1. The first-order valence-electron chi connectivity index (χ1n) is 10.3. The third-order valence-electron chi connectivity index (χ3n) is 5.64. The molecule has 6 nitrogen and oxygen atoms in total. The molecule has 1 amide bonds. The summed E-state index contributed by atoms with van der Waals surface area (Å²) in [4.78, 5) is 21.8. The lowest BCUT2D eigenvalue weighted by Gasteiger charge is -2.35. The molecule has 4 rings (SSSR count). The molecule has 2 aliphatic rings. The van der Waals surface area contributed by atoms with Crippen LogP contribution in [0.15, 0.2) is 42.6 Å². The summed E-state index contributed by atoms with van der Waals surface area (Å²) < 4.78 is 5.49. The first-order chi connectivity index (χ1) is 14.2. The highest BCUT2D eigenvalue weighted by molar-refractivity contribution is 6.30. The smallest absolute Gasteiger partial charge is 0.252 e. The zero-order valence-corrected chi connectivity index (χ0v) is 17.3. The molecule has 1 atom stereocenters. The zero-order valence-electron chi connectivity index (χ0n) is 16.5. The van der Waals surface area contributed by atoms with Crippen molar-refractivity contribution in [1.82, 2.24) is 15.2 Å². The number of hydrogen-bond donors (Lipinski definition) is 1. The Kier molecular flexibility index (Phi) is 6.64. The van der Waals surface area contributed by atoms with Crippen LogP contribution >= 0.6 is 11.6 Å². The van der Waals surface area contributed by atoms with Crippen molar-refractivity contribution in [3.8, 4) is 0 Å². The quantitative estimate of drug-likeness (QED) is 0.786. The Balaban J connectivity index is 1.42. The van der Waals surface area contributed by atoms with Gasteiger partial charge in [0, 0.05) is 43.9 Å². The average Bonchev–Trinajstić information content (AvgIpc) is 3.31. The second-order valence-electron chi connectivity index (χ2n) is 7.52. The maximum absolute atomic E-state index is 12.7. The fourth-order valence-corrected chi connectivity index (χ4v) is 4.10. The number of pyridine rings is 1. The number of hydrogen-bond acceptors (Lipinski definition) is 5. The number of anilines is 1. The van der Waals surface area contributed by atoms with Gasteiger partial charge in [0.2, 0.25) is 0 Å². The van der Waals surface area contributed by atoms with Crippen LogP contribution in [-0.2, 0) is 4.74 Å². The predicted octanol–water partition coefficient (Wildman–Crippen LogP) is 3.14. The number of rotatable bonds is 6. The van der Waals surface area contributed by atoms with Crippen LogP contribution in [0.1, 0.15) is 34.8 Å². The summed E-state index contributed by atoms with van der Waals surface area (Å²) in [5.74, 6) is 0.851. The van der Waals surface area contributed by atoms with E-state index in [1.54, 1.807) is 6.20 Å². The Morgan fingerprint density at radius 2 is 1.79 bits per heavy atom. The fourth-order valence-electron chi connectivity index (χ4n) is 3.98. The summed E-state index contributed by atoms with van der Waals surface area (Å²) in [5.41, 5.74) is 1.73. The number of morpholine rings is 1. The van der Waals surface area contributed by atoms with Gasteiger partial charge in [-0.1, -0.05) is 23.7 Å². The molecular weight excluding hydrogens is 388 g/mol. The van der Waals surface area contributed by atoms with Crippen molar-refractivity contribution >= 4 is 23.3 Å². The zero-order chi connectivity index (χ0) is 20.1. The van der Waals surface area contributed by atoms with E-state index in [0.29, 0.717) is 30.3 Å². The minimum atomic E-state index is -0.0994. The highest BCUT2D eigenvalue weighted by atomic mass is 35.5. The highest BCUT2D eigenvalue weighted by Crippen LogP contribution is 2.23. The number of halogens is 1. The molecule has 154 valence electrons. The van der Waals surface area contributed by atoms with E-state index in [9.17, 15) is 4.79 Å². The number of benzene rings is 1. The van der Waals surface area contributed by atoms with Crippen molar-refractivity contribution in [1.29, 1.82) is 0 Å². The molecule has 7 heteroatoms. The highest BCUT2D eigenvalue weighted by Gasteiger charge is 2.23. The molecule has 1 N–H and O–H groups in total. The molecule has 3 heterocycles. The Bertz CT molecular complexity index is 801. The van der Waals surface area contributed by atoms with E-state index in [1.165, 1.54) is 12.8 Å². The minimum absolute atomic E-state index is 0.0805. The summed E-state index contributed by atoms with van der Waals surface area (Å²) in [6, 6.07) is 11.7. The average molecular weight is 415 g/mol. The van der Waals surface area contributed by atoms with E-state index in [2.05, 4.69) is 20.1 Å². The summed E-state index contributed by atoms with van der Waals surface area (Å²) in [6.45, 7) is 5.71. The van der Waals surface area contributed by atoms with Crippen LogP contribution < -0.4 is 10.2 Å². The second-order valence-corrected chi connectivity index (χ2v) is 7.96. The number of aromatic nitrogens is 1. The molecule has 0 saturated carbocycles. The molecule has 2 saturated heterocycles. The van der Waals surface area contributed by atoms with Crippen LogP contribution in [0.2, 0.25) is 5.02 Å². The maximum atomic E-state index is 12.7. The number of carbonyl (C=O) groups is 1. The molecule has 2 fully saturated rings. The van der Waals surface area contributed by atoms with Crippen LogP contribution in [-0.4, -0.2) is 61.7 Å². The summed E-state index contributed by atoms with van der Waals surface area (Å²) in [7, 11) is 0. The van der Waals surface area contributed by atoms with Crippen LogP contribution in [0.3, 0.4) is 0 Å². The summed E-state index contributed by atoms with van der Waals surface area (Å²) in [5, 5.41) is 3.80. The van der Waals surface area contributed by atoms with Crippen molar-refractivity contribution in [2.75, 3.05) is 50.8 Å². The molecule has 1 aromatic carbocycles. The van der Waals surface area contributed by atoms with E-state index in [1.807, 2.05) is 36.4 Å². The van der Waals surface area contributed by atoms with Gasteiger partial charge in [0.15, 0.2) is 0 Å². The van der Waals surface area contributed by atoms with E-state index in [-0.39, 0.29) is 11.9 Å². The standard InChI is InChI=1S/C22H27ClN4O2/c23-19-6-3-17(4-7-19)20(26-11-13-29-14-12-26)16-25-22(28)18-5-8-21(24-15-18)27-9-1-2-10-27/h3-8,15,20H,1-2,9-14,16H2,(H,25,28). The van der Waals surface area contributed by atoms with Crippen LogP contribution in [0, 0.1) is 0 Å². The molecule has 0 radical (unpaired) electrons. The van der Waals surface area contributed by atoms with E-state index < -0.39 is 0 Å². The van der Waals surface area contributed by atoms with Gasteiger partial charge in [-0.25, -0.2) is 4.98 Å². The van der Waals surface area contributed by atoms with Gasteiger partial charge < -0.3 is 15.0 Å². The molecule has 1 aromatic heterocycles. The molecule has 29 heavy (non-hydrogen) atoms. The van der Waals surface area contributed by atoms with Gasteiger partial charge in [-0.3, -0.25) is 9.69 Å². The second kappa shape index (κ2) is 9.57. The van der Waals surface area contributed by atoms with Gasteiger partial charge >= 0.3 is 0 Å². The molecule has 2 aromatic rings. The lowest BCUT2D eigenvalue weighted by molar-refractivity contribution is 0.0162. The molecule has 0 aliphatic carbocycles. The van der Waals surface area contributed by atoms with Gasteiger partial charge in [-0.05, 0) is 42.7 Å². The first kappa shape index (κ1) is 20.1. The van der Waals surface area contributed by atoms with Gasteiger partial charge in [0.05, 0.1) is 24.8 Å². The topological polar surface area (TPSA) is 57.7 Å². The predicted molar refractivity (Wildman–Crippen MR) is 115 cm³/mol. The van der Waals surface area contributed by atoms with Crippen LogP contribution in [0.25, 0.3) is 0 Å². The monoisotopic (exact) mass is 414 g/mol. The van der Waals surface area contributed by atoms with Crippen molar-refractivity contribution in [2.24, 2.45) is 0 Å². The maximum Gasteiger partial charge on any atom is 0.252 e. The first-order valence-corrected chi connectivity index (χ1v) is 10.6. The lowest BCUT2D eigenvalue weighted by atomic mass is 10.0. The Labute approximate surface area is 176 Å². The van der Waals surface area contributed by atoms with Crippen molar-refractivity contribution in [2.45, 2.75) is 18.9 Å². The van der Waals surface area contributed by atoms with E-state index >= 15 is 0 Å². The van der Waals surface area contributed by atoms with Crippen LogP contribution in [0.4, 0.5) is 5.82 Å². The van der Waals surface area contributed by atoms with Gasteiger partial charge in [0.1, 0.15) is 5.82 Å². The van der Waals surface area contributed by atoms with E-state index in [0.717, 1.165) is 37.6 Å². The van der Waals surface area contributed by atoms with E-state index in [4.69, 9.17) is 16.3 Å². The summed E-state index contributed by atoms with van der Waals surface area (Å²) >= 11 is 6.06. The van der Waals surface area contributed by atoms with Gasteiger partial charge in [-0.2, -0.15) is 0 Å². The Hall–Kier alpha value is -2.15. The number of nitrogens with zero attached hydrogens (tertiary/aromatic N) is 3. The largest absolute Gasteiger partial charge is 0.379 e. The third kappa shape index (κ3) is 5.07. The van der Waals surface area contributed by atoms with Gasteiger partial charge in [0.25, 0.3) is 5.91 Å². The van der Waals surface area contributed by atoms with Crippen LogP contribution in [0.5, 0.6) is 0 Å². The van der Waals surface area contributed by atoms with Gasteiger partial charge in [-0.15, -0.1) is 0 Å². The van der Waals surface area contributed by atoms with Crippen molar-refractivity contribution in [3.63, 3.8) is 0 Å². The number of carbonyl (C=O) groups excluding carboxylic acids is 1. The molecule has 1 unspecified atom stereocenters. The molecule has 0 bridgehead atoms.